The van der Waals surface area contributed by atoms with Gasteiger partial charge in [-0.2, -0.15) is 5.10 Å². The minimum Gasteiger partial charge on any atom is -0.354 e. The number of carbonyl (C=O) groups is 1. The Bertz CT molecular complexity index is 1290. The standard InChI is InChI=1S/C25H23ClFN5O/c26-20-5-1-3-18(13-20)22-14-23-24(28-10-12-32(23)30-22)31-11-2-4-19(16-31)25(33)29-15-17-6-8-21(27)9-7-17/h1,3,5-10,12-14,19H,2,4,11,15-16H2,(H,29,33). The molecular weight excluding hydrogens is 441 g/mol. The van der Waals surface area contributed by atoms with Gasteiger partial charge in [-0.25, -0.2) is 13.9 Å². The van der Waals surface area contributed by atoms with Crippen LogP contribution < -0.4 is 10.2 Å². The molecule has 0 aliphatic carbocycles. The minimum absolute atomic E-state index is 0.00380. The van der Waals surface area contributed by atoms with Crippen LogP contribution in [0.1, 0.15) is 18.4 Å². The average Bonchev–Trinajstić information content (AvgIpc) is 3.28. The van der Waals surface area contributed by atoms with Crippen molar-refractivity contribution in [3.8, 4) is 11.3 Å². The molecular formula is C25H23ClFN5O. The molecule has 4 aromatic rings. The van der Waals surface area contributed by atoms with Gasteiger partial charge in [0.05, 0.1) is 11.6 Å². The molecule has 3 heterocycles. The molecule has 0 saturated carbocycles. The van der Waals surface area contributed by atoms with Crippen molar-refractivity contribution in [2.45, 2.75) is 19.4 Å². The first-order chi connectivity index (χ1) is 16.1. The molecule has 0 spiro atoms. The van der Waals surface area contributed by atoms with Crippen LogP contribution in [0.4, 0.5) is 10.2 Å². The van der Waals surface area contributed by atoms with Gasteiger partial charge in [0.1, 0.15) is 11.3 Å². The zero-order valence-corrected chi connectivity index (χ0v) is 18.7. The van der Waals surface area contributed by atoms with E-state index < -0.39 is 0 Å². The maximum Gasteiger partial charge on any atom is 0.225 e. The van der Waals surface area contributed by atoms with E-state index in [1.807, 2.05) is 41.0 Å². The lowest BCUT2D eigenvalue weighted by molar-refractivity contribution is -0.125. The van der Waals surface area contributed by atoms with Gasteiger partial charge in [0.25, 0.3) is 0 Å². The van der Waals surface area contributed by atoms with E-state index in [4.69, 9.17) is 11.6 Å². The Hall–Kier alpha value is -3.45. The number of amides is 1. The topological polar surface area (TPSA) is 62.5 Å². The van der Waals surface area contributed by atoms with E-state index in [-0.39, 0.29) is 17.6 Å². The molecule has 1 aliphatic rings. The summed E-state index contributed by atoms with van der Waals surface area (Å²) < 4.78 is 14.9. The van der Waals surface area contributed by atoms with Gasteiger partial charge in [0.2, 0.25) is 5.91 Å². The number of hydrogen-bond donors (Lipinski definition) is 1. The van der Waals surface area contributed by atoms with Crippen molar-refractivity contribution in [1.29, 1.82) is 0 Å². The number of benzene rings is 2. The number of aromatic nitrogens is 3. The van der Waals surface area contributed by atoms with Crippen molar-refractivity contribution in [2.24, 2.45) is 5.92 Å². The molecule has 2 aromatic carbocycles. The first-order valence-corrected chi connectivity index (χ1v) is 11.3. The number of nitrogens with one attached hydrogen (secondary N) is 1. The van der Waals surface area contributed by atoms with Crippen LogP contribution in [-0.4, -0.2) is 33.6 Å². The van der Waals surface area contributed by atoms with Crippen LogP contribution in [0.15, 0.2) is 67.0 Å². The fourth-order valence-corrected chi connectivity index (χ4v) is 4.45. The Morgan fingerprint density at radius 1 is 1.18 bits per heavy atom. The predicted octanol–water partition coefficient (Wildman–Crippen LogP) is 4.72. The lowest BCUT2D eigenvalue weighted by atomic mass is 9.97. The SMILES string of the molecule is O=C(NCc1ccc(F)cc1)C1CCCN(c2nccn3nc(-c4cccc(Cl)c4)cc23)C1. The van der Waals surface area contributed by atoms with E-state index in [1.54, 1.807) is 18.3 Å². The van der Waals surface area contributed by atoms with Crippen LogP contribution >= 0.6 is 11.6 Å². The van der Waals surface area contributed by atoms with E-state index in [2.05, 4.69) is 20.3 Å². The van der Waals surface area contributed by atoms with Gasteiger partial charge in [-0.15, -0.1) is 0 Å². The minimum atomic E-state index is -0.284. The quantitative estimate of drug-likeness (QED) is 0.465. The van der Waals surface area contributed by atoms with Crippen LogP contribution in [0.3, 0.4) is 0 Å². The maximum atomic E-state index is 13.1. The van der Waals surface area contributed by atoms with Gasteiger partial charge in [0, 0.05) is 42.6 Å². The van der Waals surface area contributed by atoms with Gasteiger partial charge in [0.15, 0.2) is 5.82 Å². The van der Waals surface area contributed by atoms with E-state index in [9.17, 15) is 9.18 Å². The molecule has 33 heavy (non-hydrogen) atoms. The maximum absolute atomic E-state index is 13.1. The van der Waals surface area contributed by atoms with Crippen LogP contribution in [0, 0.1) is 11.7 Å². The lowest BCUT2D eigenvalue weighted by Gasteiger charge is -2.33. The smallest absolute Gasteiger partial charge is 0.225 e. The third kappa shape index (κ3) is 4.68. The second kappa shape index (κ2) is 9.19. The molecule has 1 fully saturated rings. The first-order valence-electron chi connectivity index (χ1n) is 10.9. The number of carbonyl (C=O) groups excluding carboxylic acids is 1. The highest BCUT2D eigenvalue weighted by Crippen LogP contribution is 2.29. The molecule has 1 unspecified atom stereocenters. The number of nitrogens with zero attached hydrogens (tertiary/aromatic N) is 4. The molecule has 1 amide bonds. The lowest BCUT2D eigenvalue weighted by Crippen LogP contribution is -2.43. The number of halogens is 2. The Balaban J connectivity index is 1.33. The van der Waals surface area contributed by atoms with Gasteiger partial charge >= 0.3 is 0 Å². The highest BCUT2D eigenvalue weighted by atomic mass is 35.5. The average molecular weight is 464 g/mol. The van der Waals surface area contributed by atoms with Crippen LogP contribution in [0.25, 0.3) is 16.8 Å². The molecule has 1 aliphatic heterocycles. The molecule has 6 nitrogen and oxygen atoms in total. The Morgan fingerprint density at radius 3 is 2.85 bits per heavy atom. The number of anilines is 1. The van der Waals surface area contributed by atoms with Crippen LogP contribution in [0.2, 0.25) is 5.02 Å². The molecule has 168 valence electrons. The first kappa shape index (κ1) is 21.4. The summed E-state index contributed by atoms with van der Waals surface area (Å²) in [6, 6.07) is 15.8. The fourth-order valence-electron chi connectivity index (χ4n) is 4.26. The summed E-state index contributed by atoms with van der Waals surface area (Å²) in [6.45, 7) is 1.79. The summed E-state index contributed by atoms with van der Waals surface area (Å²) in [5.74, 6) is 0.392. The van der Waals surface area contributed by atoms with Crippen molar-refractivity contribution in [3.63, 3.8) is 0 Å². The number of fused-ring (bicyclic) bond motifs is 1. The van der Waals surface area contributed by atoms with Gasteiger partial charge in [-0.05, 0) is 48.7 Å². The van der Waals surface area contributed by atoms with Crippen molar-refractivity contribution >= 4 is 28.8 Å². The Labute approximate surface area is 196 Å². The normalized spacial score (nSPS) is 16.2. The van der Waals surface area contributed by atoms with Gasteiger partial charge in [-0.3, -0.25) is 4.79 Å². The second-order valence-corrected chi connectivity index (χ2v) is 8.69. The highest BCUT2D eigenvalue weighted by molar-refractivity contribution is 6.30. The summed E-state index contributed by atoms with van der Waals surface area (Å²) in [7, 11) is 0. The molecule has 2 aromatic heterocycles. The molecule has 8 heteroatoms. The molecule has 0 radical (unpaired) electrons. The van der Waals surface area contributed by atoms with Crippen molar-refractivity contribution in [3.05, 3.63) is 83.4 Å². The Kier molecular flexibility index (Phi) is 5.96. The van der Waals surface area contributed by atoms with E-state index >= 15 is 0 Å². The predicted molar refractivity (Wildman–Crippen MR) is 127 cm³/mol. The summed E-state index contributed by atoms with van der Waals surface area (Å²) in [5, 5.41) is 8.34. The molecule has 5 rings (SSSR count). The summed E-state index contributed by atoms with van der Waals surface area (Å²) >= 11 is 6.15. The van der Waals surface area contributed by atoms with Crippen molar-refractivity contribution in [1.82, 2.24) is 19.9 Å². The van der Waals surface area contributed by atoms with E-state index in [1.165, 1.54) is 12.1 Å². The van der Waals surface area contributed by atoms with Gasteiger partial charge in [-0.1, -0.05) is 35.9 Å². The van der Waals surface area contributed by atoms with Crippen LogP contribution in [0.5, 0.6) is 0 Å². The molecule has 1 N–H and O–H groups in total. The number of piperidine rings is 1. The van der Waals surface area contributed by atoms with E-state index in [0.717, 1.165) is 47.5 Å². The summed E-state index contributed by atoms with van der Waals surface area (Å²) in [6.07, 6.45) is 5.27. The number of hydrogen-bond acceptors (Lipinski definition) is 4. The third-order valence-electron chi connectivity index (χ3n) is 5.96. The van der Waals surface area contributed by atoms with Crippen molar-refractivity contribution < 1.29 is 9.18 Å². The summed E-state index contributed by atoms with van der Waals surface area (Å²) in [5.41, 5.74) is 3.52. The highest BCUT2D eigenvalue weighted by Gasteiger charge is 2.27. The van der Waals surface area contributed by atoms with Crippen LogP contribution in [-0.2, 0) is 11.3 Å². The molecule has 1 atom stereocenters. The summed E-state index contributed by atoms with van der Waals surface area (Å²) in [4.78, 5) is 19.6. The zero-order chi connectivity index (χ0) is 22.8. The monoisotopic (exact) mass is 463 g/mol. The second-order valence-electron chi connectivity index (χ2n) is 8.25. The molecule has 0 bridgehead atoms. The van der Waals surface area contributed by atoms with Gasteiger partial charge < -0.3 is 10.2 Å². The number of rotatable bonds is 5. The van der Waals surface area contributed by atoms with Crippen molar-refractivity contribution in [2.75, 3.05) is 18.0 Å². The fraction of sp³-hybridized carbons (Fsp3) is 0.240. The Morgan fingerprint density at radius 2 is 2.03 bits per heavy atom. The largest absolute Gasteiger partial charge is 0.354 e. The molecule has 1 saturated heterocycles. The zero-order valence-electron chi connectivity index (χ0n) is 17.9. The third-order valence-corrected chi connectivity index (χ3v) is 6.20. The van der Waals surface area contributed by atoms with E-state index in [0.29, 0.717) is 18.1 Å².